The fraction of sp³-hybridized carbons (Fsp3) is 0.222. The number of hydrogen-bond acceptors (Lipinski definition) is 3. The largest absolute Gasteiger partial charge is 0.399 e. The van der Waals surface area contributed by atoms with E-state index in [0.717, 1.165) is 0 Å². The topological polar surface area (TPSA) is 38.9 Å². The number of aromatic nitrogens is 1. The molecule has 16 heavy (non-hydrogen) atoms. The summed E-state index contributed by atoms with van der Waals surface area (Å²) in [5.74, 6) is -4.21. The monoisotopic (exact) mass is 250 g/mol. The van der Waals surface area contributed by atoms with Gasteiger partial charge in [0.15, 0.2) is 5.01 Å². The van der Waals surface area contributed by atoms with Crippen molar-refractivity contribution < 1.29 is 17.6 Å². The zero-order valence-electron chi connectivity index (χ0n) is 7.75. The van der Waals surface area contributed by atoms with Crippen molar-refractivity contribution in [2.24, 2.45) is 0 Å². The van der Waals surface area contributed by atoms with Crippen LogP contribution in [0.5, 0.6) is 0 Å². The van der Waals surface area contributed by atoms with Crippen LogP contribution < -0.4 is 5.73 Å². The molecule has 1 aromatic heterocycles. The molecule has 0 aliphatic carbocycles. The van der Waals surface area contributed by atoms with Gasteiger partial charge in [0.25, 0.3) is 0 Å². The summed E-state index contributed by atoms with van der Waals surface area (Å²) in [7, 11) is 0. The van der Waals surface area contributed by atoms with Crippen LogP contribution in [-0.4, -0.2) is 11.4 Å². The smallest absolute Gasteiger partial charge is 0.358 e. The van der Waals surface area contributed by atoms with E-state index in [4.69, 9.17) is 5.73 Å². The molecule has 0 unspecified atom stereocenters. The van der Waals surface area contributed by atoms with E-state index in [1.807, 2.05) is 0 Å². The van der Waals surface area contributed by atoms with Crippen LogP contribution in [0, 0.1) is 0 Å². The predicted molar refractivity (Wildman–Crippen MR) is 53.9 cm³/mol. The van der Waals surface area contributed by atoms with Crippen molar-refractivity contribution in [1.82, 2.24) is 4.98 Å². The van der Waals surface area contributed by atoms with Gasteiger partial charge in [0.2, 0.25) is 0 Å². The van der Waals surface area contributed by atoms with E-state index in [1.165, 1.54) is 18.2 Å². The highest BCUT2D eigenvalue weighted by Crippen LogP contribution is 2.39. The van der Waals surface area contributed by atoms with Crippen LogP contribution in [0.3, 0.4) is 0 Å². The number of alkyl halides is 4. The molecule has 0 saturated heterocycles. The Kier molecular flexibility index (Phi) is 2.49. The van der Waals surface area contributed by atoms with E-state index in [-0.39, 0.29) is 5.52 Å². The van der Waals surface area contributed by atoms with Crippen LogP contribution in [0.4, 0.5) is 23.2 Å². The number of hydrogen-bond donors (Lipinski definition) is 1. The van der Waals surface area contributed by atoms with Crippen LogP contribution in [0.15, 0.2) is 18.2 Å². The molecule has 0 fully saturated rings. The number of fused-ring (bicyclic) bond motifs is 1. The maximum Gasteiger partial charge on any atom is 0.358 e. The Morgan fingerprint density at radius 3 is 2.62 bits per heavy atom. The van der Waals surface area contributed by atoms with Gasteiger partial charge in [-0.05, 0) is 18.2 Å². The first-order valence-electron chi connectivity index (χ1n) is 4.24. The summed E-state index contributed by atoms with van der Waals surface area (Å²) >= 11 is 0.526. The average Bonchev–Trinajstić information content (AvgIpc) is 2.60. The SMILES string of the molecule is Nc1ccc2nc(C(F)(F)C(F)F)sc2c1. The van der Waals surface area contributed by atoms with Gasteiger partial charge in [-0.25, -0.2) is 13.8 Å². The number of thiazole rings is 1. The number of halogens is 4. The quantitative estimate of drug-likeness (QED) is 0.656. The van der Waals surface area contributed by atoms with Gasteiger partial charge in [-0.3, -0.25) is 0 Å². The standard InChI is InChI=1S/C9H6F4N2S/c10-7(11)9(12,13)8-15-5-2-1-4(14)3-6(5)16-8/h1-3,7H,14H2. The molecule has 2 rings (SSSR count). The number of rotatable bonds is 2. The van der Waals surface area contributed by atoms with Crippen molar-refractivity contribution in [3.05, 3.63) is 23.2 Å². The first kappa shape index (κ1) is 11.1. The molecular formula is C9H6F4N2S. The van der Waals surface area contributed by atoms with Gasteiger partial charge in [-0.1, -0.05) is 0 Å². The summed E-state index contributed by atoms with van der Waals surface area (Å²) in [6.45, 7) is 0. The Labute approximate surface area is 91.7 Å². The highest BCUT2D eigenvalue weighted by Gasteiger charge is 2.45. The molecule has 0 atom stereocenters. The number of anilines is 1. The first-order valence-corrected chi connectivity index (χ1v) is 5.05. The summed E-state index contributed by atoms with van der Waals surface area (Å²) in [5, 5.41) is -0.886. The normalized spacial score (nSPS) is 12.6. The van der Waals surface area contributed by atoms with Crippen molar-refractivity contribution >= 4 is 27.2 Å². The second kappa shape index (κ2) is 3.58. The second-order valence-corrected chi connectivity index (χ2v) is 4.20. The van der Waals surface area contributed by atoms with E-state index >= 15 is 0 Å². The highest BCUT2D eigenvalue weighted by molar-refractivity contribution is 7.18. The fourth-order valence-electron chi connectivity index (χ4n) is 1.18. The summed E-state index contributed by atoms with van der Waals surface area (Å²) < 4.78 is 50.5. The van der Waals surface area contributed by atoms with Crippen molar-refractivity contribution in [2.45, 2.75) is 12.3 Å². The van der Waals surface area contributed by atoms with Gasteiger partial charge in [0, 0.05) is 5.69 Å². The van der Waals surface area contributed by atoms with E-state index in [2.05, 4.69) is 4.98 Å². The van der Waals surface area contributed by atoms with Crippen LogP contribution >= 0.6 is 11.3 Å². The Balaban J connectivity index is 2.55. The fourth-order valence-corrected chi connectivity index (χ4v) is 2.17. The molecule has 0 aliphatic rings. The van der Waals surface area contributed by atoms with E-state index < -0.39 is 17.4 Å². The molecule has 2 aromatic rings. The summed E-state index contributed by atoms with van der Waals surface area (Å²) in [6.07, 6.45) is -3.76. The third kappa shape index (κ3) is 1.71. The summed E-state index contributed by atoms with van der Waals surface area (Å²) in [6, 6.07) is 4.33. The Morgan fingerprint density at radius 2 is 2.00 bits per heavy atom. The number of nitrogens with zero attached hydrogens (tertiary/aromatic N) is 1. The summed E-state index contributed by atoms with van der Waals surface area (Å²) in [4.78, 5) is 3.48. The van der Waals surface area contributed by atoms with E-state index in [9.17, 15) is 17.6 Å². The Hall–Kier alpha value is -1.37. The molecule has 0 aliphatic heterocycles. The molecule has 1 aromatic carbocycles. The molecule has 7 heteroatoms. The van der Waals surface area contributed by atoms with Crippen molar-refractivity contribution in [1.29, 1.82) is 0 Å². The number of benzene rings is 1. The van der Waals surface area contributed by atoms with Gasteiger partial charge in [0.05, 0.1) is 10.2 Å². The van der Waals surface area contributed by atoms with Gasteiger partial charge in [0.1, 0.15) is 0 Å². The molecular weight excluding hydrogens is 244 g/mol. The maximum absolute atomic E-state index is 13.0. The first-order chi connectivity index (χ1) is 7.41. The average molecular weight is 250 g/mol. The highest BCUT2D eigenvalue weighted by atomic mass is 32.1. The van der Waals surface area contributed by atoms with Crippen LogP contribution in [-0.2, 0) is 5.92 Å². The minimum absolute atomic E-state index is 0.245. The molecule has 0 spiro atoms. The minimum Gasteiger partial charge on any atom is -0.399 e. The molecule has 2 N–H and O–H groups in total. The lowest BCUT2D eigenvalue weighted by Crippen LogP contribution is -2.23. The lowest BCUT2D eigenvalue weighted by Gasteiger charge is -2.10. The number of nitrogens with two attached hydrogens (primary N) is 1. The maximum atomic E-state index is 13.0. The zero-order valence-corrected chi connectivity index (χ0v) is 8.57. The lowest BCUT2D eigenvalue weighted by atomic mass is 10.3. The molecule has 0 saturated carbocycles. The van der Waals surface area contributed by atoms with Gasteiger partial charge in [-0.15, -0.1) is 11.3 Å². The third-order valence-corrected chi connectivity index (χ3v) is 3.08. The zero-order chi connectivity index (χ0) is 11.9. The Bertz CT molecular complexity index is 523. The molecule has 2 nitrogen and oxygen atoms in total. The van der Waals surface area contributed by atoms with Crippen LogP contribution in [0.2, 0.25) is 0 Å². The van der Waals surface area contributed by atoms with Gasteiger partial charge < -0.3 is 5.73 Å². The minimum atomic E-state index is -4.21. The summed E-state index contributed by atoms with van der Waals surface area (Å²) in [5.41, 5.74) is 6.07. The van der Waals surface area contributed by atoms with Crippen LogP contribution in [0.25, 0.3) is 10.2 Å². The van der Waals surface area contributed by atoms with E-state index in [0.29, 0.717) is 21.7 Å². The molecule has 0 radical (unpaired) electrons. The van der Waals surface area contributed by atoms with E-state index in [1.54, 1.807) is 0 Å². The molecule has 86 valence electrons. The van der Waals surface area contributed by atoms with Crippen molar-refractivity contribution in [3.8, 4) is 0 Å². The van der Waals surface area contributed by atoms with Crippen molar-refractivity contribution in [2.75, 3.05) is 5.73 Å². The molecule has 0 amide bonds. The Morgan fingerprint density at radius 1 is 1.31 bits per heavy atom. The molecule has 1 heterocycles. The third-order valence-electron chi connectivity index (χ3n) is 1.97. The van der Waals surface area contributed by atoms with Gasteiger partial charge >= 0.3 is 12.3 Å². The number of nitrogen functional groups attached to an aromatic ring is 1. The predicted octanol–water partition coefficient (Wildman–Crippen LogP) is 3.24. The van der Waals surface area contributed by atoms with Gasteiger partial charge in [-0.2, -0.15) is 8.78 Å². The second-order valence-electron chi connectivity index (χ2n) is 3.17. The van der Waals surface area contributed by atoms with Crippen LogP contribution in [0.1, 0.15) is 5.01 Å². The molecule has 0 bridgehead atoms. The van der Waals surface area contributed by atoms with Crippen molar-refractivity contribution in [3.63, 3.8) is 0 Å². The lowest BCUT2D eigenvalue weighted by molar-refractivity contribution is -0.135.